The average molecular weight is 919 g/mol. The molecule has 3 aliphatic rings. The van der Waals surface area contributed by atoms with E-state index in [9.17, 15) is 23.3 Å². The second kappa shape index (κ2) is 18.5. The standard InChI is InChI=1S/C45H49Cl2N7O8S/c1-28-41(47)36(22-38(54(56)57)42(28)49-25-35-27-60-18-19-61-35)44(55)51-63(58,59)40-9-8-33(21-39(40)62-34-20-30-11-13-48-43(30)50-24-34)53-16-14-52(15-17-53)26-31-10-12-45(2,3)23-37(31)29-4-6-32(46)7-5-29/h4-9,11,13,20-22,24,35,49H,10,12,14-19,23,25-27H2,1-3H3,(H,48,50)(H,51,55). The molecule has 3 aromatic carbocycles. The van der Waals surface area contributed by atoms with E-state index in [0.29, 0.717) is 38.6 Å². The molecule has 8 rings (SSSR count). The monoisotopic (exact) mass is 917 g/mol. The maximum absolute atomic E-state index is 14.2. The number of hydrogen-bond donors (Lipinski definition) is 3. The Morgan fingerprint density at radius 3 is 2.57 bits per heavy atom. The summed E-state index contributed by atoms with van der Waals surface area (Å²) in [6, 6.07) is 17.3. The number of benzene rings is 3. The van der Waals surface area contributed by atoms with Crippen LogP contribution in [0.5, 0.6) is 11.5 Å². The minimum Gasteiger partial charge on any atom is -0.454 e. The summed E-state index contributed by atoms with van der Waals surface area (Å²) >= 11 is 12.9. The molecule has 1 aliphatic carbocycles. The lowest BCUT2D eigenvalue weighted by Gasteiger charge is -2.39. The number of ether oxygens (including phenoxy) is 3. The van der Waals surface area contributed by atoms with Crippen molar-refractivity contribution < 1.29 is 32.3 Å². The summed E-state index contributed by atoms with van der Waals surface area (Å²) in [5.74, 6) is -0.926. The lowest BCUT2D eigenvalue weighted by atomic mass is 9.72. The number of carbonyl (C=O) groups is 1. The van der Waals surface area contributed by atoms with Gasteiger partial charge in [-0.25, -0.2) is 18.1 Å². The molecule has 2 fully saturated rings. The van der Waals surface area contributed by atoms with Gasteiger partial charge in [0.25, 0.3) is 21.6 Å². The lowest BCUT2D eigenvalue weighted by Crippen LogP contribution is -2.47. The molecule has 1 unspecified atom stereocenters. The van der Waals surface area contributed by atoms with Crippen LogP contribution in [0.2, 0.25) is 10.0 Å². The molecule has 63 heavy (non-hydrogen) atoms. The molecule has 3 N–H and O–H groups in total. The molecule has 4 heterocycles. The molecule has 5 aromatic rings. The first-order chi connectivity index (χ1) is 30.1. The number of aromatic nitrogens is 2. The number of rotatable bonds is 13. The number of piperazine rings is 1. The predicted octanol–water partition coefficient (Wildman–Crippen LogP) is 8.61. The number of pyridine rings is 1. The Balaban J connectivity index is 1.03. The van der Waals surface area contributed by atoms with Crippen LogP contribution in [0, 0.1) is 22.5 Å². The number of H-pyrrole nitrogens is 1. The first kappa shape index (κ1) is 44.4. The molecule has 15 nitrogen and oxygen atoms in total. The second-order valence-corrected chi connectivity index (χ2v) is 19.4. The number of nitrogens with one attached hydrogen (secondary N) is 3. The third-order valence-corrected chi connectivity index (χ3v) is 14.0. The zero-order valence-corrected chi connectivity index (χ0v) is 37.5. The van der Waals surface area contributed by atoms with Crippen LogP contribution in [0.15, 0.2) is 83.5 Å². The number of nitrogens with zero attached hydrogens (tertiary/aromatic N) is 4. The number of hydrogen-bond acceptors (Lipinski definition) is 12. The van der Waals surface area contributed by atoms with E-state index in [-0.39, 0.29) is 56.3 Å². The molecule has 2 saturated heterocycles. The van der Waals surface area contributed by atoms with Crippen LogP contribution >= 0.6 is 23.2 Å². The SMILES string of the molecule is Cc1c(Cl)c(C(=O)NS(=O)(=O)c2ccc(N3CCN(CC4=C(c5ccc(Cl)cc5)CC(C)(C)CC4)CC3)cc2Oc2cnc3[nH]ccc3c2)cc([N+](=O)[O-])c1NCC1COCCO1. The van der Waals surface area contributed by atoms with Gasteiger partial charge in [-0.15, -0.1) is 0 Å². The Labute approximate surface area is 375 Å². The largest absolute Gasteiger partial charge is 0.454 e. The molecular formula is C45H49Cl2N7O8S. The highest BCUT2D eigenvalue weighted by atomic mass is 35.5. The van der Waals surface area contributed by atoms with Gasteiger partial charge >= 0.3 is 0 Å². The summed E-state index contributed by atoms with van der Waals surface area (Å²) < 4.78 is 47.8. The van der Waals surface area contributed by atoms with Gasteiger partial charge in [0.05, 0.1) is 47.6 Å². The lowest BCUT2D eigenvalue weighted by molar-refractivity contribution is -0.384. The van der Waals surface area contributed by atoms with Crippen molar-refractivity contribution in [2.75, 3.05) is 69.3 Å². The van der Waals surface area contributed by atoms with Gasteiger partial charge in [-0.2, -0.15) is 0 Å². The topological polar surface area (TPSA) is 181 Å². The van der Waals surface area contributed by atoms with Crippen molar-refractivity contribution in [1.82, 2.24) is 19.6 Å². The van der Waals surface area contributed by atoms with Crippen molar-refractivity contribution in [3.63, 3.8) is 0 Å². The fraction of sp³-hybridized carbons (Fsp3) is 0.378. The van der Waals surface area contributed by atoms with E-state index in [1.54, 1.807) is 24.4 Å². The third kappa shape index (κ3) is 10.1. The van der Waals surface area contributed by atoms with Crippen LogP contribution in [0.1, 0.15) is 54.6 Å². The molecule has 0 spiro atoms. The fourth-order valence-electron chi connectivity index (χ4n) is 8.41. The molecule has 18 heteroatoms. The van der Waals surface area contributed by atoms with E-state index >= 15 is 0 Å². The van der Waals surface area contributed by atoms with Crippen LogP contribution in [0.25, 0.3) is 16.6 Å². The summed E-state index contributed by atoms with van der Waals surface area (Å²) in [6.45, 7) is 11.3. The van der Waals surface area contributed by atoms with Crippen molar-refractivity contribution in [3.8, 4) is 11.5 Å². The van der Waals surface area contributed by atoms with Crippen molar-refractivity contribution in [2.45, 2.75) is 51.0 Å². The van der Waals surface area contributed by atoms with Crippen LogP contribution in [-0.2, 0) is 19.5 Å². The number of nitro benzene ring substituents is 1. The van der Waals surface area contributed by atoms with Crippen molar-refractivity contribution in [3.05, 3.63) is 115 Å². The average Bonchev–Trinajstić information content (AvgIpc) is 3.73. The van der Waals surface area contributed by atoms with E-state index in [2.05, 4.69) is 55.8 Å². The van der Waals surface area contributed by atoms with Gasteiger partial charge in [-0.1, -0.05) is 54.8 Å². The highest BCUT2D eigenvalue weighted by Gasteiger charge is 2.32. The zero-order chi connectivity index (χ0) is 44.5. The minimum absolute atomic E-state index is 0.0452. The van der Waals surface area contributed by atoms with Gasteiger partial charge in [0.2, 0.25) is 0 Å². The zero-order valence-electron chi connectivity index (χ0n) is 35.2. The molecule has 0 radical (unpaired) electrons. The fourth-order valence-corrected chi connectivity index (χ4v) is 9.84. The smallest absolute Gasteiger partial charge is 0.293 e. The maximum atomic E-state index is 14.2. The van der Waals surface area contributed by atoms with Gasteiger partial charge in [0, 0.05) is 73.7 Å². The van der Waals surface area contributed by atoms with Gasteiger partial charge < -0.3 is 29.4 Å². The molecule has 0 bridgehead atoms. The summed E-state index contributed by atoms with van der Waals surface area (Å²) in [7, 11) is -4.66. The van der Waals surface area contributed by atoms with Gasteiger partial charge in [0.15, 0.2) is 0 Å². The number of amides is 1. The maximum Gasteiger partial charge on any atom is 0.293 e. The Hall–Kier alpha value is -5.23. The van der Waals surface area contributed by atoms with Crippen LogP contribution in [-0.4, -0.2) is 99.3 Å². The van der Waals surface area contributed by atoms with Crippen molar-refractivity contribution in [1.29, 1.82) is 0 Å². The minimum atomic E-state index is -4.66. The molecule has 2 aliphatic heterocycles. The number of halogens is 2. The number of nitro groups is 1. The summed E-state index contributed by atoms with van der Waals surface area (Å²) in [5.41, 5.74) is 5.04. The number of sulfonamides is 1. The van der Waals surface area contributed by atoms with E-state index in [1.165, 1.54) is 35.9 Å². The number of fused-ring (bicyclic) bond motifs is 1. The molecule has 2 aromatic heterocycles. The molecule has 332 valence electrons. The predicted molar refractivity (Wildman–Crippen MR) is 244 cm³/mol. The summed E-state index contributed by atoms with van der Waals surface area (Å²) in [6.07, 6.45) is 6.00. The molecule has 0 saturated carbocycles. The number of carbonyl (C=O) groups excluding carboxylic acids is 1. The van der Waals surface area contributed by atoms with Gasteiger partial charge in [-0.05, 0) is 84.7 Å². The number of allylic oxidation sites excluding steroid dienone is 1. The number of anilines is 2. The Morgan fingerprint density at radius 2 is 1.84 bits per heavy atom. The highest BCUT2D eigenvalue weighted by molar-refractivity contribution is 7.90. The van der Waals surface area contributed by atoms with Crippen LogP contribution in [0.3, 0.4) is 0 Å². The summed E-state index contributed by atoms with van der Waals surface area (Å²) in [4.78, 5) is 37.1. The first-order valence-corrected chi connectivity index (χ1v) is 23.0. The third-order valence-electron chi connectivity index (χ3n) is 11.9. The van der Waals surface area contributed by atoms with Crippen LogP contribution < -0.4 is 19.7 Å². The first-order valence-electron chi connectivity index (χ1n) is 20.8. The van der Waals surface area contributed by atoms with Gasteiger partial charge in [-0.3, -0.25) is 19.8 Å². The van der Waals surface area contributed by atoms with E-state index in [0.717, 1.165) is 61.1 Å². The Bertz CT molecular complexity index is 2680. The molecule has 1 atom stereocenters. The normalized spacial score (nSPS) is 18.4. The van der Waals surface area contributed by atoms with Gasteiger partial charge in [0.1, 0.15) is 27.7 Å². The Morgan fingerprint density at radius 1 is 1.06 bits per heavy atom. The Kier molecular flexibility index (Phi) is 13.0. The number of aromatic amines is 1. The van der Waals surface area contributed by atoms with E-state index in [1.807, 2.05) is 18.2 Å². The quantitative estimate of drug-likeness (QED) is 0.0757. The van der Waals surface area contributed by atoms with Crippen molar-refractivity contribution in [2.24, 2.45) is 5.41 Å². The molecule has 1 amide bonds. The van der Waals surface area contributed by atoms with Crippen molar-refractivity contribution >= 4 is 72.8 Å². The molecular weight excluding hydrogens is 870 g/mol. The second-order valence-electron chi connectivity index (χ2n) is 16.9. The highest BCUT2D eigenvalue weighted by Crippen LogP contribution is 2.44. The van der Waals surface area contributed by atoms with Crippen LogP contribution in [0.4, 0.5) is 17.1 Å². The van der Waals surface area contributed by atoms with E-state index in [4.69, 9.17) is 37.4 Å². The summed E-state index contributed by atoms with van der Waals surface area (Å²) in [5, 5.41) is 16.6. The van der Waals surface area contributed by atoms with E-state index < -0.39 is 26.5 Å².